The van der Waals surface area contributed by atoms with E-state index in [0.717, 1.165) is 0 Å². The van der Waals surface area contributed by atoms with E-state index >= 15 is 0 Å². The number of hydrogen-bond acceptors (Lipinski definition) is 4. The van der Waals surface area contributed by atoms with Gasteiger partial charge in [0, 0.05) is 32.3 Å². The Bertz CT molecular complexity index is 524. The molecule has 0 saturated carbocycles. The fraction of sp³-hybridized carbons (Fsp3) is 0.467. The van der Waals surface area contributed by atoms with E-state index in [1.54, 1.807) is 0 Å². The van der Waals surface area contributed by atoms with Crippen LogP contribution in [0.2, 0.25) is 0 Å². The molecule has 1 aromatic rings. The molecule has 0 spiro atoms. The number of ether oxygens (including phenoxy) is 1. The number of nitrogens with zero attached hydrogens (tertiary/aromatic N) is 2. The second-order valence-electron chi connectivity index (χ2n) is 4.62. The van der Waals surface area contributed by atoms with E-state index in [1.807, 2.05) is 13.0 Å². The number of amides is 1. The summed E-state index contributed by atoms with van der Waals surface area (Å²) in [5.41, 5.74) is 6.13. The lowest BCUT2D eigenvalue weighted by atomic mass is 10.1. The summed E-state index contributed by atoms with van der Waals surface area (Å²) in [4.78, 5) is 13.7. The molecule has 5 nitrogen and oxygen atoms in total. The normalized spacial score (nSPS) is 11.8. The highest BCUT2D eigenvalue weighted by Crippen LogP contribution is 2.14. The molecule has 2 N–H and O–H groups in total. The van der Waals surface area contributed by atoms with Gasteiger partial charge in [-0.2, -0.15) is 5.26 Å². The number of carbonyl (C=O) groups is 1. The quantitative estimate of drug-likeness (QED) is 0.824. The van der Waals surface area contributed by atoms with Crippen LogP contribution in [0, 0.1) is 17.1 Å². The molecule has 0 fully saturated rings. The van der Waals surface area contributed by atoms with Crippen molar-refractivity contribution in [1.82, 2.24) is 4.90 Å². The number of carbonyl (C=O) groups excluding carboxylic acids is 1. The smallest absolute Gasteiger partial charge is 0.225 e. The maximum Gasteiger partial charge on any atom is 0.225 e. The first-order chi connectivity index (χ1) is 10.0. The van der Waals surface area contributed by atoms with Gasteiger partial charge in [0.15, 0.2) is 0 Å². The Morgan fingerprint density at radius 3 is 2.76 bits per heavy atom. The van der Waals surface area contributed by atoms with Crippen LogP contribution in [0.5, 0.6) is 0 Å². The maximum atomic E-state index is 13.9. The highest BCUT2D eigenvalue weighted by atomic mass is 19.1. The molecule has 1 atom stereocenters. The van der Waals surface area contributed by atoms with Crippen LogP contribution in [0.25, 0.3) is 0 Å². The standard InChI is InChI=1S/C15H20FN3O2/c1-3-19(15(20)7-13(9-18)21-2)10-12-5-4-11(8-17)6-14(12)16/h4-6,13H,3,7,9-10,18H2,1-2H3. The molecule has 0 aromatic heterocycles. The lowest BCUT2D eigenvalue weighted by Crippen LogP contribution is -2.35. The van der Waals surface area contributed by atoms with Crippen molar-refractivity contribution in [3.8, 4) is 6.07 Å². The van der Waals surface area contributed by atoms with Crippen molar-refractivity contribution in [2.45, 2.75) is 26.0 Å². The fourth-order valence-electron chi connectivity index (χ4n) is 1.91. The van der Waals surface area contributed by atoms with Gasteiger partial charge in [0.05, 0.1) is 24.2 Å². The zero-order valence-corrected chi connectivity index (χ0v) is 12.3. The van der Waals surface area contributed by atoms with Crippen LogP contribution in [-0.4, -0.2) is 37.1 Å². The lowest BCUT2D eigenvalue weighted by Gasteiger charge is -2.23. The first kappa shape index (κ1) is 17.1. The number of halogens is 1. The molecule has 1 aromatic carbocycles. The Kier molecular flexibility index (Phi) is 6.79. The minimum absolute atomic E-state index is 0.140. The van der Waals surface area contributed by atoms with Gasteiger partial charge in [-0.05, 0) is 19.1 Å². The van der Waals surface area contributed by atoms with Crippen LogP contribution in [0.1, 0.15) is 24.5 Å². The number of nitriles is 1. The average Bonchev–Trinajstić information content (AvgIpc) is 2.50. The Labute approximate surface area is 124 Å². The number of methoxy groups -OCH3 is 1. The van der Waals surface area contributed by atoms with Gasteiger partial charge in [0.1, 0.15) is 5.82 Å². The van der Waals surface area contributed by atoms with Crippen LogP contribution in [0.3, 0.4) is 0 Å². The van der Waals surface area contributed by atoms with E-state index < -0.39 is 5.82 Å². The monoisotopic (exact) mass is 293 g/mol. The average molecular weight is 293 g/mol. The molecule has 6 heteroatoms. The molecule has 1 rings (SSSR count). The molecule has 0 bridgehead atoms. The van der Waals surface area contributed by atoms with Crippen molar-refractivity contribution in [2.75, 3.05) is 20.2 Å². The predicted octanol–water partition coefficient (Wildman–Crippen LogP) is 1.41. The Hall–Kier alpha value is -1.97. The highest BCUT2D eigenvalue weighted by Gasteiger charge is 2.18. The largest absolute Gasteiger partial charge is 0.380 e. The molecule has 21 heavy (non-hydrogen) atoms. The molecule has 1 amide bonds. The first-order valence-corrected chi connectivity index (χ1v) is 6.74. The van der Waals surface area contributed by atoms with Crippen molar-refractivity contribution >= 4 is 5.91 Å². The minimum Gasteiger partial charge on any atom is -0.380 e. The molecule has 0 aliphatic heterocycles. The van der Waals surface area contributed by atoms with Gasteiger partial charge in [-0.3, -0.25) is 4.79 Å². The van der Waals surface area contributed by atoms with Gasteiger partial charge in [0.2, 0.25) is 5.91 Å². The summed E-state index contributed by atoms with van der Waals surface area (Å²) in [5, 5.41) is 8.72. The van der Waals surface area contributed by atoms with Gasteiger partial charge in [-0.1, -0.05) is 6.07 Å². The highest BCUT2D eigenvalue weighted by molar-refractivity contribution is 5.76. The van der Waals surface area contributed by atoms with Crippen LogP contribution in [0.4, 0.5) is 4.39 Å². The Balaban J connectivity index is 2.78. The van der Waals surface area contributed by atoms with Crippen LogP contribution in [0.15, 0.2) is 18.2 Å². The Morgan fingerprint density at radius 1 is 1.57 bits per heavy atom. The zero-order valence-electron chi connectivity index (χ0n) is 12.3. The summed E-state index contributed by atoms with van der Waals surface area (Å²) in [6.07, 6.45) is -0.170. The van der Waals surface area contributed by atoms with Crippen molar-refractivity contribution < 1.29 is 13.9 Å². The van der Waals surface area contributed by atoms with E-state index in [0.29, 0.717) is 12.1 Å². The van der Waals surface area contributed by atoms with Crippen molar-refractivity contribution in [3.63, 3.8) is 0 Å². The number of nitrogens with two attached hydrogens (primary N) is 1. The molecule has 1 unspecified atom stereocenters. The number of rotatable bonds is 7. The molecule has 114 valence electrons. The topological polar surface area (TPSA) is 79.4 Å². The molecular weight excluding hydrogens is 273 g/mol. The minimum atomic E-state index is -0.484. The molecule has 0 aliphatic rings. The van der Waals surface area contributed by atoms with Crippen LogP contribution < -0.4 is 5.73 Å². The van der Waals surface area contributed by atoms with Gasteiger partial charge in [-0.15, -0.1) is 0 Å². The summed E-state index contributed by atoms with van der Waals surface area (Å²) >= 11 is 0. The van der Waals surface area contributed by atoms with Gasteiger partial charge >= 0.3 is 0 Å². The SMILES string of the molecule is CCN(Cc1ccc(C#N)cc1F)C(=O)CC(CN)OC. The van der Waals surface area contributed by atoms with Crippen LogP contribution >= 0.6 is 0 Å². The summed E-state index contributed by atoms with van der Waals surface area (Å²) in [7, 11) is 1.50. The van der Waals surface area contributed by atoms with E-state index in [4.69, 9.17) is 15.7 Å². The molecule has 0 saturated heterocycles. The second-order valence-corrected chi connectivity index (χ2v) is 4.62. The van der Waals surface area contributed by atoms with E-state index in [9.17, 15) is 9.18 Å². The van der Waals surface area contributed by atoms with E-state index in [1.165, 1.54) is 30.2 Å². The maximum absolute atomic E-state index is 13.9. The third kappa shape index (κ3) is 4.81. The zero-order chi connectivity index (χ0) is 15.8. The predicted molar refractivity (Wildman–Crippen MR) is 76.7 cm³/mol. The first-order valence-electron chi connectivity index (χ1n) is 6.74. The Morgan fingerprint density at radius 2 is 2.29 bits per heavy atom. The van der Waals surface area contributed by atoms with Crippen molar-refractivity contribution in [3.05, 3.63) is 35.1 Å². The van der Waals surface area contributed by atoms with Crippen LogP contribution in [-0.2, 0) is 16.1 Å². The van der Waals surface area contributed by atoms with Crippen molar-refractivity contribution in [2.24, 2.45) is 5.73 Å². The summed E-state index contributed by atoms with van der Waals surface area (Å²) in [5.74, 6) is -0.624. The second kappa shape index (κ2) is 8.35. The lowest BCUT2D eigenvalue weighted by molar-refractivity contribution is -0.134. The third-order valence-corrected chi connectivity index (χ3v) is 3.28. The molecular formula is C15H20FN3O2. The summed E-state index contributed by atoms with van der Waals surface area (Å²) in [6.45, 7) is 2.70. The summed E-state index contributed by atoms with van der Waals surface area (Å²) < 4.78 is 18.9. The van der Waals surface area contributed by atoms with Crippen molar-refractivity contribution in [1.29, 1.82) is 5.26 Å². The number of hydrogen-bond donors (Lipinski definition) is 1. The van der Waals surface area contributed by atoms with Gasteiger partial charge in [0.25, 0.3) is 0 Å². The van der Waals surface area contributed by atoms with E-state index in [2.05, 4.69) is 0 Å². The summed E-state index contributed by atoms with van der Waals surface area (Å²) in [6, 6.07) is 6.11. The molecule has 0 aliphatic carbocycles. The van der Waals surface area contributed by atoms with Gasteiger partial charge in [-0.25, -0.2) is 4.39 Å². The van der Waals surface area contributed by atoms with E-state index in [-0.39, 0.29) is 37.1 Å². The third-order valence-electron chi connectivity index (χ3n) is 3.28. The molecule has 0 heterocycles. The molecule has 0 radical (unpaired) electrons. The van der Waals surface area contributed by atoms with Gasteiger partial charge < -0.3 is 15.4 Å². The number of benzene rings is 1. The fourth-order valence-corrected chi connectivity index (χ4v) is 1.91.